The molecular formula is C26H27F3N4O2. The molecule has 35 heavy (non-hydrogen) atoms. The summed E-state index contributed by atoms with van der Waals surface area (Å²) in [5.74, 6) is -1.96. The van der Waals surface area contributed by atoms with Gasteiger partial charge in [-0.15, -0.1) is 0 Å². The van der Waals surface area contributed by atoms with E-state index in [2.05, 4.69) is 31.8 Å². The fourth-order valence-corrected chi connectivity index (χ4v) is 4.01. The van der Waals surface area contributed by atoms with Gasteiger partial charge < -0.3 is 14.5 Å². The van der Waals surface area contributed by atoms with Gasteiger partial charge in [0, 0.05) is 31.0 Å². The second-order valence-electron chi connectivity index (χ2n) is 8.41. The first-order valence-electron chi connectivity index (χ1n) is 11.5. The first-order valence-corrected chi connectivity index (χ1v) is 11.5. The Morgan fingerprint density at radius 2 is 1.71 bits per heavy atom. The van der Waals surface area contributed by atoms with E-state index in [1.54, 1.807) is 6.07 Å². The average Bonchev–Trinajstić information content (AvgIpc) is 2.87. The van der Waals surface area contributed by atoms with Crippen molar-refractivity contribution in [3.05, 3.63) is 71.3 Å². The number of anilines is 1. The molecule has 0 bridgehead atoms. The van der Waals surface area contributed by atoms with Gasteiger partial charge in [0.1, 0.15) is 12.9 Å². The SMILES string of the molecule is CCc1cnc(N2CCC(COc3c(F)cc(-c4ccc(/C=N/OC)cc4F)cc3F)CC2)nc1. The van der Waals surface area contributed by atoms with Gasteiger partial charge in [0.2, 0.25) is 5.95 Å². The molecule has 9 heteroatoms. The van der Waals surface area contributed by atoms with Crippen molar-refractivity contribution in [3.63, 3.8) is 0 Å². The van der Waals surface area contributed by atoms with Crippen LogP contribution in [0.3, 0.4) is 0 Å². The molecule has 0 amide bonds. The van der Waals surface area contributed by atoms with E-state index >= 15 is 0 Å². The predicted octanol–water partition coefficient (Wildman–Crippen LogP) is 5.40. The smallest absolute Gasteiger partial charge is 0.225 e. The van der Waals surface area contributed by atoms with Crippen molar-refractivity contribution in [1.82, 2.24) is 9.97 Å². The van der Waals surface area contributed by atoms with Crippen molar-refractivity contribution in [3.8, 4) is 16.9 Å². The van der Waals surface area contributed by atoms with Gasteiger partial charge in [-0.1, -0.05) is 24.2 Å². The highest BCUT2D eigenvalue weighted by atomic mass is 19.1. The van der Waals surface area contributed by atoms with E-state index in [0.717, 1.165) is 50.0 Å². The number of aryl methyl sites for hydroxylation is 1. The van der Waals surface area contributed by atoms with Gasteiger partial charge in [0.25, 0.3) is 0 Å². The molecule has 0 spiro atoms. The van der Waals surface area contributed by atoms with Crippen molar-refractivity contribution in [2.24, 2.45) is 11.1 Å². The van der Waals surface area contributed by atoms with Gasteiger partial charge in [-0.05, 0) is 60.1 Å². The Morgan fingerprint density at radius 1 is 1.03 bits per heavy atom. The number of benzene rings is 2. The van der Waals surface area contributed by atoms with E-state index in [4.69, 9.17) is 4.74 Å². The highest BCUT2D eigenvalue weighted by Crippen LogP contribution is 2.31. The topological polar surface area (TPSA) is 59.8 Å². The maximum Gasteiger partial charge on any atom is 0.225 e. The highest BCUT2D eigenvalue weighted by molar-refractivity contribution is 5.80. The molecule has 1 aliphatic rings. The monoisotopic (exact) mass is 484 g/mol. The van der Waals surface area contributed by atoms with Crippen LogP contribution in [0.2, 0.25) is 0 Å². The van der Waals surface area contributed by atoms with Crippen LogP contribution in [-0.4, -0.2) is 43.0 Å². The fourth-order valence-electron chi connectivity index (χ4n) is 4.01. The summed E-state index contributed by atoms with van der Waals surface area (Å²) in [6, 6.07) is 6.40. The number of oxime groups is 1. The van der Waals surface area contributed by atoms with Crippen LogP contribution in [0.5, 0.6) is 5.75 Å². The molecule has 0 atom stereocenters. The van der Waals surface area contributed by atoms with Gasteiger partial charge in [0.05, 0.1) is 12.8 Å². The minimum Gasteiger partial charge on any atom is -0.487 e. The van der Waals surface area contributed by atoms with Crippen LogP contribution in [0.15, 0.2) is 47.9 Å². The third kappa shape index (κ3) is 5.90. The summed E-state index contributed by atoms with van der Waals surface area (Å²) in [5, 5.41) is 3.57. The summed E-state index contributed by atoms with van der Waals surface area (Å²) < 4.78 is 49.5. The molecule has 1 saturated heterocycles. The molecular weight excluding hydrogens is 457 g/mol. The summed E-state index contributed by atoms with van der Waals surface area (Å²) in [6.45, 7) is 3.74. The van der Waals surface area contributed by atoms with Gasteiger partial charge in [0.15, 0.2) is 17.4 Å². The lowest BCUT2D eigenvalue weighted by Crippen LogP contribution is -2.36. The van der Waals surface area contributed by atoms with Crippen molar-refractivity contribution in [1.29, 1.82) is 0 Å². The Kier molecular flexibility index (Phi) is 7.84. The van der Waals surface area contributed by atoms with Gasteiger partial charge >= 0.3 is 0 Å². The van der Waals surface area contributed by atoms with Crippen LogP contribution in [0, 0.1) is 23.4 Å². The zero-order chi connectivity index (χ0) is 24.8. The van der Waals surface area contributed by atoms with Crippen LogP contribution in [0.25, 0.3) is 11.1 Å². The molecule has 4 rings (SSSR count). The number of halogens is 3. The summed E-state index contributed by atoms with van der Waals surface area (Å²) in [6.07, 6.45) is 7.49. The molecule has 0 aliphatic carbocycles. The maximum absolute atomic E-state index is 14.7. The van der Waals surface area contributed by atoms with Crippen LogP contribution >= 0.6 is 0 Å². The molecule has 184 valence electrons. The number of rotatable bonds is 8. The largest absolute Gasteiger partial charge is 0.487 e. The summed E-state index contributed by atoms with van der Waals surface area (Å²) in [7, 11) is 1.38. The first-order chi connectivity index (χ1) is 17.0. The highest BCUT2D eigenvalue weighted by Gasteiger charge is 2.23. The van der Waals surface area contributed by atoms with E-state index in [0.29, 0.717) is 11.5 Å². The van der Waals surface area contributed by atoms with E-state index in [9.17, 15) is 13.2 Å². The zero-order valence-corrected chi connectivity index (χ0v) is 19.7. The third-order valence-corrected chi connectivity index (χ3v) is 6.07. The van der Waals surface area contributed by atoms with Gasteiger partial charge in [-0.3, -0.25) is 0 Å². The van der Waals surface area contributed by atoms with E-state index < -0.39 is 23.2 Å². The average molecular weight is 485 g/mol. The lowest BCUT2D eigenvalue weighted by Gasteiger charge is -2.31. The van der Waals surface area contributed by atoms with Gasteiger partial charge in [-0.2, -0.15) is 0 Å². The number of nitrogens with zero attached hydrogens (tertiary/aromatic N) is 4. The van der Waals surface area contributed by atoms with E-state index in [1.165, 1.54) is 25.5 Å². The van der Waals surface area contributed by atoms with Crippen LogP contribution in [0.4, 0.5) is 19.1 Å². The van der Waals surface area contributed by atoms with Gasteiger partial charge in [-0.25, -0.2) is 23.1 Å². The Hall–Kier alpha value is -3.62. The number of ether oxygens (including phenoxy) is 1. The quantitative estimate of drug-likeness (QED) is 0.317. The number of hydrogen-bond donors (Lipinski definition) is 0. The lowest BCUT2D eigenvalue weighted by molar-refractivity contribution is 0.207. The van der Waals surface area contributed by atoms with E-state index in [-0.39, 0.29) is 23.7 Å². The normalized spacial score (nSPS) is 14.5. The molecule has 1 aromatic heterocycles. The Balaban J connectivity index is 1.37. The van der Waals surface area contributed by atoms with Crippen molar-refractivity contribution >= 4 is 12.2 Å². The zero-order valence-electron chi connectivity index (χ0n) is 19.7. The molecule has 0 unspecified atom stereocenters. The molecule has 2 heterocycles. The third-order valence-electron chi connectivity index (χ3n) is 6.07. The molecule has 1 fully saturated rings. The van der Waals surface area contributed by atoms with Crippen molar-refractivity contribution in [2.45, 2.75) is 26.2 Å². The van der Waals surface area contributed by atoms with Crippen LogP contribution in [0.1, 0.15) is 30.9 Å². The lowest BCUT2D eigenvalue weighted by atomic mass is 9.98. The minimum atomic E-state index is -0.869. The minimum absolute atomic E-state index is 0.0745. The fraction of sp³-hybridized carbons (Fsp3) is 0.346. The van der Waals surface area contributed by atoms with Crippen LogP contribution in [-0.2, 0) is 11.3 Å². The molecule has 6 nitrogen and oxygen atoms in total. The summed E-state index contributed by atoms with van der Waals surface area (Å²) in [5.41, 5.74) is 1.71. The van der Waals surface area contributed by atoms with Crippen molar-refractivity contribution in [2.75, 3.05) is 31.7 Å². The summed E-state index contributed by atoms with van der Waals surface area (Å²) in [4.78, 5) is 15.5. The number of piperidine rings is 1. The first kappa shape index (κ1) is 24.5. The van der Waals surface area contributed by atoms with E-state index in [1.807, 2.05) is 12.4 Å². The van der Waals surface area contributed by atoms with Crippen LogP contribution < -0.4 is 9.64 Å². The Morgan fingerprint density at radius 3 is 2.31 bits per heavy atom. The van der Waals surface area contributed by atoms with Crippen molar-refractivity contribution < 1.29 is 22.7 Å². The second kappa shape index (κ2) is 11.2. The standard InChI is InChI=1S/C26H27F3N4O2/c1-3-17-13-30-26(31-14-17)33-8-6-18(7-9-33)16-35-25-23(28)11-20(12-24(25)29)21-5-4-19(10-22(21)27)15-32-34-2/h4-5,10-15,18H,3,6-9,16H2,1-2H3/b32-15+. The molecule has 0 saturated carbocycles. The molecule has 1 aliphatic heterocycles. The Bertz CT molecular complexity index is 1160. The number of hydrogen-bond acceptors (Lipinski definition) is 6. The summed E-state index contributed by atoms with van der Waals surface area (Å²) >= 11 is 0. The second-order valence-corrected chi connectivity index (χ2v) is 8.41. The molecule has 0 N–H and O–H groups in total. The molecule has 0 radical (unpaired) electrons. The molecule has 3 aromatic rings. The maximum atomic E-state index is 14.7. The Labute approximate surface area is 202 Å². The molecule has 2 aromatic carbocycles. The predicted molar refractivity (Wildman–Crippen MR) is 128 cm³/mol. The number of aromatic nitrogens is 2.